The number of carboxylic acids is 1. The fourth-order valence-electron chi connectivity index (χ4n) is 8.09. The van der Waals surface area contributed by atoms with Crippen LogP contribution in [0.15, 0.2) is 11.6 Å². The third-order valence-corrected chi connectivity index (χ3v) is 9.54. The Morgan fingerprint density at radius 3 is 2.67 bits per heavy atom. The second-order valence-corrected chi connectivity index (χ2v) is 10.6. The first-order chi connectivity index (χ1) is 12.8. The summed E-state index contributed by atoms with van der Waals surface area (Å²) in [6.45, 7) is 7.27. The second-order valence-electron chi connectivity index (χ2n) is 10.6. The van der Waals surface area contributed by atoms with Crippen LogP contribution in [-0.4, -0.2) is 16.9 Å². The number of hydrogen-bond acceptors (Lipinski definition) is 2. The van der Waals surface area contributed by atoms with Crippen molar-refractivity contribution in [2.75, 3.05) is 0 Å². The summed E-state index contributed by atoms with van der Waals surface area (Å²) in [5.74, 6) is 3.22. The highest BCUT2D eigenvalue weighted by Gasteiger charge is 2.59. The average Bonchev–Trinajstić information content (AvgIpc) is 2.97. The van der Waals surface area contributed by atoms with Gasteiger partial charge in [-0.3, -0.25) is 9.59 Å². The van der Waals surface area contributed by atoms with Crippen molar-refractivity contribution >= 4 is 11.8 Å². The summed E-state index contributed by atoms with van der Waals surface area (Å²) in [5.41, 5.74) is 2.10. The van der Waals surface area contributed by atoms with Gasteiger partial charge in [-0.15, -0.1) is 0 Å². The molecule has 0 aromatic carbocycles. The molecule has 0 bridgehead atoms. The Hall–Kier alpha value is -1.12. The lowest BCUT2D eigenvalue weighted by Gasteiger charge is -2.58. The lowest BCUT2D eigenvalue weighted by molar-refractivity contribution is -0.137. The second kappa shape index (κ2) is 6.74. The van der Waals surface area contributed by atoms with E-state index in [1.54, 1.807) is 0 Å². The van der Waals surface area contributed by atoms with Crippen LogP contribution in [-0.2, 0) is 9.59 Å². The van der Waals surface area contributed by atoms with Crippen LogP contribution < -0.4 is 0 Å². The zero-order chi connectivity index (χ0) is 19.4. The lowest BCUT2D eigenvalue weighted by atomic mass is 9.46. The maximum Gasteiger partial charge on any atom is 0.303 e. The highest BCUT2D eigenvalue weighted by atomic mass is 16.4. The highest BCUT2D eigenvalue weighted by Crippen LogP contribution is 2.67. The Bertz CT molecular complexity index is 665. The number of aliphatic carboxylic acids is 1. The number of ketones is 1. The van der Waals surface area contributed by atoms with Gasteiger partial charge in [-0.05, 0) is 97.9 Å². The molecule has 0 saturated heterocycles. The van der Waals surface area contributed by atoms with Gasteiger partial charge in [0.05, 0.1) is 0 Å². The third-order valence-electron chi connectivity index (χ3n) is 9.54. The Morgan fingerprint density at radius 1 is 1.15 bits per heavy atom. The number of carbonyl (C=O) groups is 2. The normalized spacial score (nSPS) is 44.7. The van der Waals surface area contributed by atoms with Crippen LogP contribution in [0.25, 0.3) is 0 Å². The van der Waals surface area contributed by atoms with Crippen LogP contribution in [0.3, 0.4) is 0 Å². The number of rotatable bonds is 4. The molecular weight excluding hydrogens is 336 g/mol. The van der Waals surface area contributed by atoms with Gasteiger partial charge < -0.3 is 5.11 Å². The monoisotopic (exact) mass is 372 g/mol. The van der Waals surface area contributed by atoms with E-state index < -0.39 is 5.97 Å². The van der Waals surface area contributed by atoms with Crippen molar-refractivity contribution in [2.24, 2.45) is 40.4 Å². The van der Waals surface area contributed by atoms with Crippen molar-refractivity contribution in [3.05, 3.63) is 11.6 Å². The fourth-order valence-corrected chi connectivity index (χ4v) is 8.09. The maximum atomic E-state index is 12.0. The summed E-state index contributed by atoms with van der Waals surface area (Å²) in [6, 6.07) is 0. The van der Waals surface area contributed by atoms with Crippen molar-refractivity contribution in [1.29, 1.82) is 0 Å². The van der Waals surface area contributed by atoms with Gasteiger partial charge in [0, 0.05) is 12.8 Å². The molecule has 3 saturated carbocycles. The van der Waals surface area contributed by atoms with E-state index in [-0.39, 0.29) is 5.41 Å². The topological polar surface area (TPSA) is 54.4 Å². The standard InChI is InChI=1S/C24H36O3/c1-15(4-9-22(26)27)19-7-8-20-18-6-5-16-14-17(25)10-12-23(16,2)21(18)11-13-24(19,20)3/h14-15,18-21H,4-13H2,1-3H3,(H,26,27)/t15-,18?,19?,20?,21?,23?,24?/m1/s1. The molecule has 0 aliphatic heterocycles. The molecule has 1 N–H and O–H groups in total. The van der Waals surface area contributed by atoms with E-state index in [4.69, 9.17) is 5.11 Å². The minimum Gasteiger partial charge on any atom is -0.481 e. The number of carbonyl (C=O) groups excluding carboxylic acids is 1. The van der Waals surface area contributed by atoms with Gasteiger partial charge in [-0.2, -0.15) is 0 Å². The van der Waals surface area contributed by atoms with Crippen LogP contribution in [0.4, 0.5) is 0 Å². The van der Waals surface area contributed by atoms with E-state index >= 15 is 0 Å². The quantitative estimate of drug-likeness (QED) is 0.695. The smallest absolute Gasteiger partial charge is 0.303 e. The van der Waals surface area contributed by atoms with E-state index in [0.717, 1.165) is 43.4 Å². The van der Waals surface area contributed by atoms with E-state index in [1.165, 1.54) is 37.7 Å². The summed E-state index contributed by atoms with van der Waals surface area (Å²) in [4.78, 5) is 23.0. The minimum absolute atomic E-state index is 0.255. The maximum absolute atomic E-state index is 12.0. The van der Waals surface area contributed by atoms with Crippen LogP contribution in [0.5, 0.6) is 0 Å². The number of fused-ring (bicyclic) bond motifs is 5. The molecule has 0 heterocycles. The molecule has 27 heavy (non-hydrogen) atoms. The molecule has 6 unspecified atom stereocenters. The first kappa shape index (κ1) is 19.2. The largest absolute Gasteiger partial charge is 0.481 e. The van der Waals surface area contributed by atoms with Crippen LogP contribution in [0.1, 0.15) is 85.0 Å². The average molecular weight is 373 g/mol. The minimum atomic E-state index is -0.656. The molecular formula is C24H36O3. The first-order valence-corrected chi connectivity index (χ1v) is 11.2. The third kappa shape index (κ3) is 3.00. The zero-order valence-corrected chi connectivity index (χ0v) is 17.3. The van der Waals surface area contributed by atoms with Crippen molar-refractivity contribution < 1.29 is 14.7 Å². The first-order valence-electron chi connectivity index (χ1n) is 11.2. The fraction of sp³-hybridized carbons (Fsp3) is 0.833. The van der Waals surface area contributed by atoms with Crippen LogP contribution in [0.2, 0.25) is 0 Å². The zero-order valence-electron chi connectivity index (χ0n) is 17.3. The number of allylic oxidation sites excluding steroid dienone is 1. The summed E-state index contributed by atoms with van der Waals surface area (Å²) >= 11 is 0. The molecule has 4 rings (SSSR count). The number of carboxylic acid groups (broad SMARTS) is 1. The van der Waals surface area contributed by atoms with Crippen molar-refractivity contribution in [1.82, 2.24) is 0 Å². The van der Waals surface area contributed by atoms with Gasteiger partial charge in [0.2, 0.25) is 0 Å². The van der Waals surface area contributed by atoms with Crippen molar-refractivity contribution in [3.63, 3.8) is 0 Å². The van der Waals surface area contributed by atoms with Gasteiger partial charge in [0.1, 0.15) is 0 Å². The van der Waals surface area contributed by atoms with Gasteiger partial charge in [0.25, 0.3) is 0 Å². The van der Waals surface area contributed by atoms with Crippen LogP contribution in [0, 0.1) is 40.4 Å². The molecule has 0 aromatic rings. The van der Waals surface area contributed by atoms with E-state index in [2.05, 4.69) is 20.8 Å². The van der Waals surface area contributed by atoms with Crippen molar-refractivity contribution in [2.45, 2.75) is 85.0 Å². The lowest BCUT2D eigenvalue weighted by Crippen LogP contribution is -2.51. The molecule has 0 aromatic heterocycles. The highest BCUT2D eigenvalue weighted by molar-refractivity contribution is 5.91. The molecule has 7 atom stereocenters. The van der Waals surface area contributed by atoms with E-state index in [0.29, 0.717) is 29.5 Å². The van der Waals surface area contributed by atoms with E-state index in [9.17, 15) is 9.59 Å². The summed E-state index contributed by atoms with van der Waals surface area (Å²) in [6.07, 6.45) is 12.5. The van der Waals surface area contributed by atoms with Gasteiger partial charge >= 0.3 is 5.97 Å². The van der Waals surface area contributed by atoms with Gasteiger partial charge in [0.15, 0.2) is 5.78 Å². The SMILES string of the molecule is C[C@H](CCC(=O)O)C1CCC2C3CCC4=CC(=O)CCC4(C)C3CCC21C. The Labute approximate surface area is 164 Å². The molecule has 0 radical (unpaired) electrons. The predicted octanol–water partition coefficient (Wildman–Crippen LogP) is 5.64. The van der Waals surface area contributed by atoms with E-state index in [1.807, 2.05) is 6.08 Å². The molecule has 150 valence electrons. The molecule has 0 spiro atoms. The molecule has 4 aliphatic rings. The Balaban J connectivity index is 1.55. The molecule has 0 amide bonds. The van der Waals surface area contributed by atoms with Crippen molar-refractivity contribution in [3.8, 4) is 0 Å². The summed E-state index contributed by atoms with van der Waals surface area (Å²) in [7, 11) is 0. The van der Waals surface area contributed by atoms with Gasteiger partial charge in [-0.25, -0.2) is 0 Å². The molecule has 3 nitrogen and oxygen atoms in total. The predicted molar refractivity (Wildman–Crippen MR) is 106 cm³/mol. The Morgan fingerprint density at radius 2 is 1.93 bits per heavy atom. The van der Waals surface area contributed by atoms with Gasteiger partial charge in [-0.1, -0.05) is 26.3 Å². The summed E-state index contributed by atoms with van der Waals surface area (Å²) in [5, 5.41) is 9.08. The number of hydrogen-bond donors (Lipinski definition) is 1. The molecule has 3 fully saturated rings. The molecule has 4 aliphatic carbocycles. The molecule has 3 heteroatoms. The summed E-state index contributed by atoms with van der Waals surface area (Å²) < 4.78 is 0. The van der Waals surface area contributed by atoms with Crippen LogP contribution >= 0.6 is 0 Å². The Kier molecular flexibility index (Phi) is 4.79.